The Morgan fingerprint density at radius 2 is 1.95 bits per heavy atom. The van der Waals surface area contributed by atoms with Gasteiger partial charge in [-0.15, -0.1) is 0 Å². The van der Waals surface area contributed by atoms with Gasteiger partial charge in [0.15, 0.2) is 11.6 Å². The van der Waals surface area contributed by atoms with E-state index in [9.17, 15) is 13.6 Å². The summed E-state index contributed by atoms with van der Waals surface area (Å²) in [6.45, 7) is 6.45. The molecule has 0 saturated carbocycles. The zero-order valence-corrected chi connectivity index (χ0v) is 24.1. The first kappa shape index (κ1) is 28.1. The second kappa shape index (κ2) is 11.1. The van der Waals surface area contributed by atoms with Crippen molar-refractivity contribution in [2.45, 2.75) is 25.9 Å². The van der Waals surface area contributed by atoms with Crippen molar-refractivity contribution < 1.29 is 23.4 Å². The maximum Gasteiger partial charge on any atom is 0.219 e. The molecule has 0 radical (unpaired) electrons. The molecule has 7 rings (SSSR count). The number of fused-ring (bicyclic) bond motifs is 3. The molecule has 12 heteroatoms. The van der Waals surface area contributed by atoms with Gasteiger partial charge in [-0.25, -0.2) is 18.4 Å². The van der Waals surface area contributed by atoms with Crippen molar-refractivity contribution in [1.82, 2.24) is 29.5 Å². The number of nitrogens with two attached hydrogens (primary N) is 1. The SMILES string of the molecule is Cc1cc(Oc2c(F)cccc2F)ncc1-n1ncc(C(=O)c2cc3c4c(ccc3[nH]2)CN(C2CN(CCO)C2)CC4)c1N. The van der Waals surface area contributed by atoms with E-state index in [1.54, 1.807) is 6.92 Å². The monoisotopic (exact) mass is 599 g/mol. The lowest BCUT2D eigenvalue weighted by atomic mass is 9.93. The number of pyridine rings is 1. The van der Waals surface area contributed by atoms with Gasteiger partial charge in [0.05, 0.1) is 35.9 Å². The number of H-pyrrole nitrogens is 1. The minimum absolute atomic E-state index is 0.00170. The molecule has 1 fully saturated rings. The summed E-state index contributed by atoms with van der Waals surface area (Å²) >= 11 is 0. The van der Waals surface area contributed by atoms with Gasteiger partial charge in [0.2, 0.25) is 17.4 Å². The average molecular weight is 600 g/mol. The smallest absolute Gasteiger partial charge is 0.219 e. The van der Waals surface area contributed by atoms with Gasteiger partial charge in [-0.1, -0.05) is 12.1 Å². The maximum atomic E-state index is 14.0. The lowest BCUT2D eigenvalue weighted by molar-refractivity contribution is 0.0170. The number of aryl methyl sites for hydroxylation is 1. The third-order valence-corrected chi connectivity index (χ3v) is 8.61. The van der Waals surface area contributed by atoms with E-state index in [2.05, 4.69) is 30.9 Å². The van der Waals surface area contributed by atoms with Crippen molar-refractivity contribution >= 4 is 22.5 Å². The van der Waals surface area contributed by atoms with Gasteiger partial charge < -0.3 is 20.6 Å². The van der Waals surface area contributed by atoms with Gasteiger partial charge in [-0.05, 0) is 54.3 Å². The number of hydrogen-bond acceptors (Lipinski definition) is 8. The van der Waals surface area contributed by atoms with E-state index < -0.39 is 17.4 Å². The van der Waals surface area contributed by atoms with Crippen LogP contribution in [0.15, 0.2) is 54.9 Å². The van der Waals surface area contributed by atoms with Crippen molar-refractivity contribution in [1.29, 1.82) is 0 Å². The molecule has 0 amide bonds. The van der Waals surface area contributed by atoms with Crippen LogP contribution in [-0.4, -0.2) is 79.3 Å². The number of aliphatic hydroxyl groups excluding tert-OH is 1. The van der Waals surface area contributed by atoms with Crippen LogP contribution in [-0.2, 0) is 13.0 Å². The predicted octanol–water partition coefficient (Wildman–Crippen LogP) is 3.98. The summed E-state index contributed by atoms with van der Waals surface area (Å²) in [5.74, 6) is -2.37. The number of anilines is 1. The van der Waals surface area contributed by atoms with Gasteiger partial charge in [-0.3, -0.25) is 14.6 Å². The van der Waals surface area contributed by atoms with Crippen LogP contribution in [0, 0.1) is 18.6 Å². The fourth-order valence-electron chi connectivity index (χ4n) is 6.19. The number of hydrogen-bond donors (Lipinski definition) is 3. The molecular formula is C32H31F2N7O3. The average Bonchev–Trinajstić information content (AvgIpc) is 3.60. The molecule has 5 aromatic rings. The summed E-state index contributed by atoms with van der Waals surface area (Å²) in [6, 6.07) is 11.5. The first-order valence-electron chi connectivity index (χ1n) is 14.5. The highest BCUT2D eigenvalue weighted by atomic mass is 19.1. The number of aliphatic hydroxyl groups is 1. The number of rotatable bonds is 8. The number of benzene rings is 2. The van der Waals surface area contributed by atoms with E-state index >= 15 is 0 Å². The molecule has 3 aromatic heterocycles. The van der Waals surface area contributed by atoms with Crippen LogP contribution >= 0.6 is 0 Å². The topological polar surface area (TPSA) is 126 Å². The van der Waals surface area contributed by atoms with Crippen molar-refractivity contribution in [3.63, 3.8) is 0 Å². The summed E-state index contributed by atoms with van der Waals surface area (Å²) in [7, 11) is 0. The Morgan fingerprint density at radius 1 is 1.16 bits per heavy atom. The number of carbonyl (C=O) groups excluding carboxylic acids is 1. The quantitative estimate of drug-likeness (QED) is 0.229. The number of carbonyl (C=O) groups is 1. The minimum atomic E-state index is -0.840. The Morgan fingerprint density at radius 3 is 2.70 bits per heavy atom. The number of para-hydroxylation sites is 1. The van der Waals surface area contributed by atoms with Crippen molar-refractivity contribution in [3.05, 3.63) is 94.4 Å². The zero-order chi connectivity index (χ0) is 30.5. The highest BCUT2D eigenvalue weighted by Crippen LogP contribution is 2.32. The van der Waals surface area contributed by atoms with E-state index in [-0.39, 0.29) is 29.7 Å². The van der Waals surface area contributed by atoms with Crippen LogP contribution < -0.4 is 10.5 Å². The number of nitrogens with one attached hydrogen (secondary N) is 1. The van der Waals surface area contributed by atoms with Crippen molar-refractivity contribution in [2.75, 3.05) is 38.5 Å². The molecule has 4 N–H and O–H groups in total. The molecule has 44 heavy (non-hydrogen) atoms. The standard InChI is InChI=1S/C32H31F2N7O3/c1-18-11-29(44-31-24(33)3-2-4-25(31)34)36-14-28(18)41-32(35)23(13-37-41)30(43)27-12-22-21-7-8-40(20-16-39(17-20)9-10-42)15-19(21)5-6-26(22)38-27/h2-6,11-14,20,38,42H,7-10,15-17,35H2,1H3. The molecule has 10 nitrogen and oxygen atoms in total. The molecule has 226 valence electrons. The third kappa shape index (κ3) is 4.90. The maximum absolute atomic E-state index is 14.0. The van der Waals surface area contributed by atoms with E-state index in [4.69, 9.17) is 15.6 Å². The Balaban J connectivity index is 1.10. The minimum Gasteiger partial charge on any atom is -0.433 e. The molecule has 5 heterocycles. The van der Waals surface area contributed by atoms with Gasteiger partial charge in [-0.2, -0.15) is 5.10 Å². The second-order valence-electron chi connectivity index (χ2n) is 11.4. The van der Waals surface area contributed by atoms with E-state index in [1.807, 2.05) is 12.1 Å². The number of ether oxygens (including phenoxy) is 1. The summed E-state index contributed by atoms with van der Waals surface area (Å²) in [5, 5.41) is 14.6. The van der Waals surface area contributed by atoms with E-state index in [0.29, 0.717) is 23.0 Å². The van der Waals surface area contributed by atoms with E-state index in [1.165, 1.54) is 40.3 Å². The Bertz CT molecular complexity index is 1880. The summed E-state index contributed by atoms with van der Waals surface area (Å²) in [6.07, 6.45) is 3.74. The van der Waals surface area contributed by atoms with Gasteiger partial charge in [0.25, 0.3) is 0 Å². The number of likely N-dealkylation sites (tertiary alicyclic amines) is 1. The molecule has 2 aromatic carbocycles. The highest BCUT2D eigenvalue weighted by Gasteiger charge is 2.33. The molecule has 0 bridgehead atoms. The molecule has 2 aliphatic rings. The second-order valence-corrected chi connectivity index (χ2v) is 11.4. The van der Waals surface area contributed by atoms with Gasteiger partial charge >= 0.3 is 0 Å². The van der Waals surface area contributed by atoms with Crippen molar-refractivity contribution in [3.8, 4) is 17.3 Å². The van der Waals surface area contributed by atoms with Crippen LogP contribution in [0.5, 0.6) is 11.6 Å². The zero-order valence-electron chi connectivity index (χ0n) is 24.1. The summed E-state index contributed by atoms with van der Waals surface area (Å²) < 4.78 is 34.8. The number of aromatic nitrogens is 4. The number of ketones is 1. The molecule has 1 saturated heterocycles. The van der Waals surface area contributed by atoms with Crippen molar-refractivity contribution in [2.24, 2.45) is 0 Å². The predicted molar refractivity (Wildman–Crippen MR) is 160 cm³/mol. The number of nitrogen functional groups attached to an aromatic ring is 1. The van der Waals surface area contributed by atoms with E-state index in [0.717, 1.165) is 62.2 Å². The number of nitrogens with zero attached hydrogens (tertiary/aromatic N) is 5. The first-order chi connectivity index (χ1) is 21.3. The Labute approximate surface area is 251 Å². The Hall–Kier alpha value is -4.65. The summed E-state index contributed by atoms with van der Waals surface area (Å²) in [4.78, 5) is 25.8. The molecule has 2 aliphatic heterocycles. The van der Waals surface area contributed by atoms with Gasteiger partial charge in [0.1, 0.15) is 5.82 Å². The van der Waals surface area contributed by atoms with Crippen LogP contribution in [0.2, 0.25) is 0 Å². The van der Waals surface area contributed by atoms with Crippen LogP contribution in [0.4, 0.5) is 14.6 Å². The molecular weight excluding hydrogens is 568 g/mol. The number of aromatic amines is 1. The molecule has 0 unspecified atom stereocenters. The largest absolute Gasteiger partial charge is 0.433 e. The Kier molecular flexibility index (Phi) is 7.11. The number of β-amino-alcohol motifs (C(OH)–C–C–N with tert-alkyl or cyclic N) is 1. The lowest BCUT2D eigenvalue weighted by Gasteiger charge is -2.47. The third-order valence-electron chi connectivity index (χ3n) is 8.61. The fraction of sp³-hybridized carbons (Fsp3) is 0.281. The molecule has 0 spiro atoms. The van der Waals surface area contributed by atoms with Crippen LogP contribution in [0.1, 0.15) is 32.7 Å². The normalized spacial score (nSPS) is 15.8. The first-order valence-corrected chi connectivity index (χ1v) is 14.5. The number of halogens is 2. The van der Waals surface area contributed by atoms with Crippen LogP contribution in [0.25, 0.3) is 16.6 Å². The summed E-state index contributed by atoms with van der Waals surface area (Å²) in [5.41, 5.74) is 11.6. The van der Waals surface area contributed by atoms with Crippen LogP contribution in [0.3, 0.4) is 0 Å². The van der Waals surface area contributed by atoms with Gasteiger partial charge in [0, 0.05) is 55.7 Å². The highest BCUT2D eigenvalue weighted by molar-refractivity contribution is 6.12. The molecule has 0 atom stereocenters. The molecule has 0 aliphatic carbocycles. The lowest BCUT2D eigenvalue weighted by Crippen LogP contribution is -2.60. The fourth-order valence-corrected chi connectivity index (χ4v) is 6.19.